The second-order valence-corrected chi connectivity index (χ2v) is 9.79. The summed E-state index contributed by atoms with van der Waals surface area (Å²) in [5.41, 5.74) is 0.681. The number of aliphatic hydroxyl groups excluding tert-OH is 1. The zero-order valence-electron chi connectivity index (χ0n) is 18.5. The van der Waals surface area contributed by atoms with E-state index >= 15 is 0 Å². The van der Waals surface area contributed by atoms with E-state index in [9.17, 15) is 19.8 Å². The van der Waals surface area contributed by atoms with E-state index in [4.69, 9.17) is 23.2 Å². The molecule has 0 saturated carbocycles. The molecule has 1 fully saturated rings. The fraction of sp³-hybridized carbons (Fsp3) is 0.440. The maximum absolute atomic E-state index is 13.9. The second kappa shape index (κ2) is 9.82. The molecule has 7 heteroatoms. The minimum atomic E-state index is -1.12. The van der Waals surface area contributed by atoms with Gasteiger partial charge in [-0.25, -0.2) is 0 Å². The van der Waals surface area contributed by atoms with Gasteiger partial charge in [-0.2, -0.15) is 0 Å². The number of aliphatic carboxylic acids is 1. The minimum Gasteiger partial charge on any atom is -0.481 e. The van der Waals surface area contributed by atoms with Crippen molar-refractivity contribution in [3.05, 3.63) is 69.7 Å². The Morgan fingerprint density at radius 2 is 1.81 bits per heavy atom. The van der Waals surface area contributed by atoms with Crippen molar-refractivity contribution in [3.63, 3.8) is 0 Å². The number of hydrogen-bond donors (Lipinski definition) is 2. The van der Waals surface area contributed by atoms with E-state index in [1.807, 2.05) is 37.3 Å². The average Bonchev–Trinajstić information content (AvgIpc) is 2.71. The largest absolute Gasteiger partial charge is 0.481 e. The van der Waals surface area contributed by atoms with E-state index in [0.717, 1.165) is 11.1 Å². The number of hydrogen-bond acceptors (Lipinski definition) is 3. The highest BCUT2D eigenvalue weighted by molar-refractivity contribution is 6.30. The Hall–Kier alpha value is -2.08. The smallest absolute Gasteiger partial charge is 0.304 e. The number of aliphatic hydroxyl groups is 1. The van der Waals surface area contributed by atoms with Crippen molar-refractivity contribution in [1.29, 1.82) is 0 Å². The normalized spacial score (nSPS) is 25.4. The molecule has 2 aromatic rings. The molecule has 0 bridgehead atoms. The van der Waals surface area contributed by atoms with Crippen LogP contribution in [-0.4, -0.2) is 39.1 Å². The van der Waals surface area contributed by atoms with Gasteiger partial charge >= 0.3 is 5.97 Å². The van der Waals surface area contributed by atoms with Crippen molar-refractivity contribution >= 4 is 35.1 Å². The molecule has 3 rings (SSSR count). The number of nitrogens with zero attached hydrogens (tertiary/aromatic N) is 1. The van der Waals surface area contributed by atoms with Crippen molar-refractivity contribution in [1.82, 2.24) is 4.90 Å². The number of likely N-dealkylation sites (tertiary alicyclic amines) is 1. The number of carbonyl (C=O) groups excluding carboxylic acids is 1. The third-order valence-corrected chi connectivity index (χ3v) is 6.95. The maximum Gasteiger partial charge on any atom is 0.304 e. The first kappa shape index (κ1) is 24.6. The lowest BCUT2D eigenvalue weighted by Gasteiger charge is -2.52. The predicted octanol–water partition coefficient (Wildman–Crippen LogP) is 5.69. The summed E-state index contributed by atoms with van der Waals surface area (Å²) in [7, 11) is 0. The van der Waals surface area contributed by atoms with Crippen LogP contribution in [0.2, 0.25) is 10.0 Å². The highest BCUT2D eigenvalue weighted by Crippen LogP contribution is 2.52. The average molecular weight is 478 g/mol. The molecule has 5 nitrogen and oxygen atoms in total. The van der Waals surface area contributed by atoms with Crippen molar-refractivity contribution in [2.75, 3.05) is 0 Å². The van der Waals surface area contributed by atoms with Crippen LogP contribution in [0.15, 0.2) is 48.5 Å². The van der Waals surface area contributed by atoms with Crippen LogP contribution in [0, 0.1) is 5.41 Å². The molecule has 1 unspecified atom stereocenters. The molecular weight excluding hydrogens is 449 g/mol. The first-order valence-corrected chi connectivity index (χ1v) is 11.6. The highest BCUT2D eigenvalue weighted by atomic mass is 35.5. The molecule has 32 heavy (non-hydrogen) atoms. The Labute approximate surface area is 199 Å². The molecule has 172 valence electrons. The molecule has 1 amide bonds. The number of amides is 1. The summed E-state index contributed by atoms with van der Waals surface area (Å²) >= 11 is 12.4. The van der Waals surface area contributed by atoms with E-state index in [2.05, 4.69) is 0 Å². The zero-order chi connectivity index (χ0) is 23.6. The SMILES string of the molecule is CCC([C@H](C)O)N1C(=O)[C@@](C)(CC(=O)O)C[C@H](c2cccc(Cl)c2)[C@H]1c1ccc(Cl)cc1. The van der Waals surface area contributed by atoms with Crippen molar-refractivity contribution in [2.24, 2.45) is 5.41 Å². The summed E-state index contributed by atoms with van der Waals surface area (Å²) in [5.74, 6) is -1.50. The maximum atomic E-state index is 13.9. The Morgan fingerprint density at radius 1 is 1.16 bits per heavy atom. The van der Waals surface area contributed by atoms with E-state index < -0.39 is 29.6 Å². The van der Waals surface area contributed by atoms with Crippen LogP contribution in [0.1, 0.15) is 63.1 Å². The van der Waals surface area contributed by atoms with E-state index in [1.165, 1.54) is 0 Å². The molecule has 1 aliphatic heterocycles. The van der Waals surface area contributed by atoms with Crippen molar-refractivity contribution < 1.29 is 19.8 Å². The summed E-state index contributed by atoms with van der Waals surface area (Å²) in [4.78, 5) is 27.3. The van der Waals surface area contributed by atoms with E-state index in [-0.39, 0.29) is 18.2 Å². The van der Waals surface area contributed by atoms with Gasteiger partial charge in [0.1, 0.15) is 0 Å². The Kier molecular flexibility index (Phi) is 7.53. The number of carbonyl (C=O) groups is 2. The van der Waals surface area contributed by atoms with E-state index in [0.29, 0.717) is 22.9 Å². The van der Waals surface area contributed by atoms with Gasteiger partial charge < -0.3 is 15.1 Å². The zero-order valence-corrected chi connectivity index (χ0v) is 20.0. The molecular formula is C25H29Cl2NO4. The summed E-state index contributed by atoms with van der Waals surface area (Å²) in [6, 6.07) is 13.9. The van der Waals surface area contributed by atoms with Crippen LogP contribution in [0.5, 0.6) is 0 Å². The minimum absolute atomic E-state index is 0.218. The first-order valence-electron chi connectivity index (χ1n) is 10.8. The standard InChI is InChI=1S/C25H29Cl2NO4/c1-4-21(15(2)29)28-23(16-8-10-18(26)11-9-16)20(17-6-5-7-19(27)12-17)13-25(3,24(28)32)14-22(30)31/h5-12,15,20-21,23,29H,4,13-14H2,1-3H3,(H,30,31)/t15-,20+,21?,23+,25+/m0/s1. The number of rotatable bonds is 7. The van der Waals surface area contributed by atoms with Crippen LogP contribution in [0.4, 0.5) is 0 Å². The van der Waals surface area contributed by atoms with Gasteiger partial charge in [0.05, 0.1) is 30.0 Å². The molecule has 0 spiro atoms. The number of halogens is 2. The van der Waals surface area contributed by atoms with Gasteiger partial charge in [0.25, 0.3) is 0 Å². The number of benzene rings is 2. The third kappa shape index (κ3) is 4.95. The lowest BCUT2D eigenvalue weighted by molar-refractivity contribution is -0.163. The Balaban J connectivity index is 2.25. The van der Waals surface area contributed by atoms with Gasteiger partial charge in [0, 0.05) is 16.0 Å². The molecule has 1 saturated heterocycles. The second-order valence-electron chi connectivity index (χ2n) is 8.92. The summed E-state index contributed by atoms with van der Waals surface area (Å²) < 4.78 is 0. The molecule has 2 aromatic carbocycles. The van der Waals surface area contributed by atoms with Gasteiger partial charge in [-0.1, -0.05) is 61.3 Å². The molecule has 0 radical (unpaired) electrons. The van der Waals surface area contributed by atoms with Crippen LogP contribution in [0.25, 0.3) is 0 Å². The van der Waals surface area contributed by atoms with Crippen LogP contribution in [0.3, 0.4) is 0 Å². The molecule has 1 aliphatic rings. The fourth-order valence-corrected chi connectivity index (χ4v) is 5.34. The highest BCUT2D eigenvalue weighted by Gasteiger charge is 2.52. The topological polar surface area (TPSA) is 77.8 Å². The van der Waals surface area contributed by atoms with E-state index in [1.54, 1.807) is 36.9 Å². The van der Waals surface area contributed by atoms with Gasteiger partial charge in [0.2, 0.25) is 5.91 Å². The fourth-order valence-electron chi connectivity index (χ4n) is 5.02. The van der Waals surface area contributed by atoms with Gasteiger partial charge in [0.15, 0.2) is 0 Å². The van der Waals surface area contributed by atoms with Crippen LogP contribution in [-0.2, 0) is 9.59 Å². The lowest BCUT2D eigenvalue weighted by Crippen LogP contribution is -2.58. The van der Waals surface area contributed by atoms with Crippen LogP contribution < -0.4 is 0 Å². The summed E-state index contributed by atoms with van der Waals surface area (Å²) in [5, 5.41) is 21.3. The quantitative estimate of drug-likeness (QED) is 0.536. The van der Waals surface area contributed by atoms with Gasteiger partial charge in [-0.15, -0.1) is 0 Å². The molecule has 0 aromatic heterocycles. The first-order chi connectivity index (χ1) is 15.1. The monoisotopic (exact) mass is 477 g/mol. The predicted molar refractivity (Wildman–Crippen MR) is 126 cm³/mol. The molecule has 1 heterocycles. The number of piperidine rings is 1. The van der Waals surface area contributed by atoms with Crippen LogP contribution >= 0.6 is 23.2 Å². The third-order valence-electron chi connectivity index (χ3n) is 6.46. The van der Waals surface area contributed by atoms with Crippen molar-refractivity contribution in [3.8, 4) is 0 Å². The summed E-state index contributed by atoms with van der Waals surface area (Å²) in [6.07, 6.45) is -0.202. The van der Waals surface area contributed by atoms with Gasteiger partial charge in [-0.05, 0) is 55.2 Å². The lowest BCUT2D eigenvalue weighted by atomic mass is 9.67. The summed E-state index contributed by atoms with van der Waals surface area (Å²) in [6.45, 7) is 5.29. The van der Waals surface area contributed by atoms with Gasteiger partial charge in [-0.3, -0.25) is 9.59 Å². The number of carboxylic acids is 1. The molecule has 5 atom stereocenters. The van der Waals surface area contributed by atoms with Crippen molar-refractivity contribution in [2.45, 2.75) is 64.1 Å². The molecule has 0 aliphatic carbocycles. The Bertz CT molecular complexity index is 978. The molecule has 2 N–H and O–H groups in total. The Morgan fingerprint density at radius 3 is 2.34 bits per heavy atom. The number of carboxylic acid groups (broad SMARTS) is 1.